The molecule has 1 heterocycles. The summed E-state index contributed by atoms with van der Waals surface area (Å²) < 4.78 is 1.75. The molecule has 1 unspecified atom stereocenters. The van der Waals surface area contributed by atoms with Gasteiger partial charge in [0, 0.05) is 25.1 Å². The van der Waals surface area contributed by atoms with Gasteiger partial charge in [-0.15, -0.1) is 5.10 Å². The van der Waals surface area contributed by atoms with E-state index in [1.54, 1.807) is 4.68 Å². The second kappa shape index (κ2) is 11.5. The number of tetrazole rings is 1. The topological polar surface area (TPSA) is 101 Å². The number of hydrogen-bond acceptors (Lipinski definition) is 5. The van der Waals surface area contributed by atoms with Crippen LogP contribution in [0.25, 0.3) is 22.5 Å². The smallest absolute Gasteiger partial charge is 0.326 e. The molecule has 0 radical (unpaired) electrons. The maximum absolute atomic E-state index is 12.9. The van der Waals surface area contributed by atoms with Crippen LogP contribution in [-0.4, -0.2) is 48.1 Å². The molecule has 1 aromatic heterocycles. The molecule has 0 fully saturated rings. The molecule has 0 aliphatic rings. The fourth-order valence-corrected chi connectivity index (χ4v) is 4.12. The summed E-state index contributed by atoms with van der Waals surface area (Å²) in [5, 5.41) is 21.9. The van der Waals surface area contributed by atoms with Crippen LogP contribution in [0.2, 0.25) is 0 Å². The summed E-state index contributed by atoms with van der Waals surface area (Å²) in [7, 11) is 0. The van der Waals surface area contributed by atoms with Crippen molar-refractivity contribution in [3.8, 4) is 22.5 Å². The molecule has 0 aliphatic heterocycles. The van der Waals surface area contributed by atoms with Crippen molar-refractivity contribution in [3.63, 3.8) is 0 Å². The number of aliphatic carboxylic acids is 1. The molecule has 1 amide bonds. The average molecular weight is 464 g/mol. The van der Waals surface area contributed by atoms with E-state index in [1.807, 2.05) is 76.2 Å². The molecule has 0 spiro atoms. The normalized spacial score (nSPS) is 12.0. The third kappa shape index (κ3) is 5.68. The van der Waals surface area contributed by atoms with Crippen molar-refractivity contribution < 1.29 is 14.7 Å². The molecular formula is C26H33N5O3. The molecule has 0 aliphatic carbocycles. The fourth-order valence-electron chi connectivity index (χ4n) is 4.12. The lowest BCUT2D eigenvalue weighted by molar-refractivity contribution is -0.153. The van der Waals surface area contributed by atoms with Gasteiger partial charge in [-0.3, -0.25) is 4.79 Å². The zero-order chi connectivity index (χ0) is 24.7. The van der Waals surface area contributed by atoms with Crippen LogP contribution in [0, 0.1) is 5.92 Å². The summed E-state index contributed by atoms with van der Waals surface area (Å²) in [6.45, 7) is 8.61. The van der Waals surface area contributed by atoms with E-state index in [2.05, 4.69) is 15.5 Å². The molecule has 180 valence electrons. The Morgan fingerprint density at radius 2 is 1.71 bits per heavy atom. The zero-order valence-electron chi connectivity index (χ0n) is 20.3. The Hall–Kier alpha value is -3.55. The highest BCUT2D eigenvalue weighted by Crippen LogP contribution is 2.31. The first-order valence-electron chi connectivity index (χ1n) is 11.8. The monoisotopic (exact) mass is 463 g/mol. The lowest BCUT2D eigenvalue weighted by Gasteiger charge is -2.32. The molecule has 3 rings (SSSR count). The molecule has 0 saturated heterocycles. The van der Waals surface area contributed by atoms with E-state index in [0.29, 0.717) is 18.8 Å². The third-order valence-electron chi connectivity index (χ3n) is 5.90. The van der Waals surface area contributed by atoms with Crippen LogP contribution < -0.4 is 0 Å². The maximum Gasteiger partial charge on any atom is 0.326 e. The molecule has 8 heteroatoms. The number of amides is 1. The second-order valence-corrected chi connectivity index (χ2v) is 8.71. The van der Waals surface area contributed by atoms with Crippen molar-refractivity contribution in [2.75, 3.05) is 0 Å². The average Bonchev–Trinajstić information content (AvgIpc) is 3.31. The van der Waals surface area contributed by atoms with Crippen LogP contribution in [0.1, 0.15) is 52.5 Å². The molecule has 34 heavy (non-hydrogen) atoms. The summed E-state index contributed by atoms with van der Waals surface area (Å²) >= 11 is 0. The van der Waals surface area contributed by atoms with Gasteiger partial charge in [0.25, 0.3) is 0 Å². The van der Waals surface area contributed by atoms with Gasteiger partial charge >= 0.3 is 5.97 Å². The van der Waals surface area contributed by atoms with Gasteiger partial charge in [0.15, 0.2) is 5.82 Å². The van der Waals surface area contributed by atoms with Crippen LogP contribution in [0.4, 0.5) is 0 Å². The molecule has 8 nitrogen and oxygen atoms in total. The first kappa shape index (κ1) is 25.1. The number of benzene rings is 2. The van der Waals surface area contributed by atoms with Gasteiger partial charge in [-0.25, -0.2) is 9.48 Å². The van der Waals surface area contributed by atoms with Crippen molar-refractivity contribution in [2.45, 2.75) is 66.1 Å². The number of rotatable bonds is 11. The van der Waals surface area contributed by atoms with Gasteiger partial charge in [0.2, 0.25) is 5.91 Å². The zero-order valence-corrected chi connectivity index (χ0v) is 20.3. The van der Waals surface area contributed by atoms with Crippen LogP contribution in [0.5, 0.6) is 0 Å². The van der Waals surface area contributed by atoms with Crippen molar-refractivity contribution in [3.05, 3.63) is 54.1 Å². The number of unbranched alkanes of at least 4 members (excludes halogenated alkanes) is 1. The van der Waals surface area contributed by atoms with E-state index in [1.165, 1.54) is 4.90 Å². The third-order valence-corrected chi connectivity index (χ3v) is 5.90. The van der Waals surface area contributed by atoms with Crippen molar-refractivity contribution in [1.29, 1.82) is 0 Å². The summed E-state index contributed by atoms with van der Waals surface area (Å²) in [6, 6.07) is 15.0. The van der Waals surface area contributed by atoms with Crippen LogP contribution >= 0.6 is 0 Å². The Morgan fingerprint density at radius 3 is 2.29 bits per heavy atom. The number of nitrogens with zero attached hydrogens (tertiary/aromatic N) is 5. The van der Waals surface area contributed by atoms with Crippen molar-refractivity contribution >= 4 is 11.9 Å². The van der Waals surface area contributed by atoms with Gasteiger partial charge in [-0.2, -0.15) is 0 Å². The highest BCUT2D eigenvalue weighted by atomic mass is 16.4. The number of aromatic nitrogens is 4. The van der Waals surface area contributed by atoms with Gasteiger partial charge in [0.1, 0.15) is 6.04 Å². The Balaban J connectivity index is 1.90. The summed E-state index contributed by atoms with van der Waals surface area (Å²) in [5.41, 5.74) is 3.81. The quantitative estimate of drug-likeness (QED) is 0.444. The predicted molar refractivity (Wildman–Crippen MR) is 131 cm³/mol. The largest absolute Gasteiger partial charge is 0.480 e. The van der Waals surface area contributed by atoms with E-state index in [9.17, 15) is 14.7 Å². The number of carboxylic acid groups (broad SMARTS) is 1. The minimum atomic E-state index is -0.973. The van der Waals surface area contributed by atoms with Crippen LogP contribution in [0.3, 0.4) is 0 Å². The fraction of sp³-hybridized carbons (Fsp3) is 0.423. The minimum Gasteiger partial charge on any atom is -0.480 e. The SMILES string of the molecule is CCCCC(=O)N(Cc1ccc(-c2ccccc2-c2nnnn2CC)cc1)C(C(=O)O)C(C)C. The summed E-state index contributed by atoms with van der Waals surface area (Å²) in [6.07, 6.45) is 1.98. The van der Waals surface area contributed by atoms with E-state index in [0.717, 1.165) is 35.1 Å². The van der Waals surface area contributed by atoms with Crippen molar-refractivity contribution in [2.24, 2.45) is 5.92 Å². The number of carbonyl (C=O) groups excluding carboxylic acids is 1. The predicted octanol–water partition coefficient (Wildman–Crippen LogP) is 4.66. The molecule has 3 aromatic rings. The van der Waals surface area contributed by atoms with Gasteiger partial charge in [-0.05, 0) is 46.4 Å². The van der Waals surface area contributed by atoms with Gasteiger partial charge in [0.05, 0.1) is 0 Å². The molecule has 1 N–H and O–H groups in total. The lowest BCUT2D eigenvalue weighted by Crippen LogP contribution is -2.47. The second-order valence-electron chi connectivity index (χ2n) is 8.71. The first-order chi connectivity index (χ1) is 16.4. The van der Waals surface area contributed by atoms with Crippen LogP contribution in [0.15, 0.2) is 48.5 Å². The van der Waals surface area contributed by atoms with E-state index >= 15 is 0 Å². The number of carbonyl (C=O) groups is 2. The summed E-state index contributed by atoms with van der Waals surface area (Å²) in [5.74, 6) is -0.585. The van der Waals surface area contributed by atoms with E-state index < -0.39 is 12.0 Å². The van der Waals surface area contributed by atoms with Crippen LogP contribution in [-0.2, 0) is 22.7 Å². The van der Waals surface area contributed by atoms with Crippen molar-refractivity contribution in [1.82, 2.24) is 25.1 Å². The molecular weight excluding hydrogens is 430 g/mol. The molecule has 0 saturated carbocycles. The summed E-state index contributed by atoms with van der Waals surface area (Å²) in [4.78, 5) is 26.4. The number of hydrogen-bond donors (Lipinski definition) is 1. The lowest BCUT2D eigenvalue weighted by atomic mass is 9.97. The highest BCUT2D eigenvalue weighted by Gasteiger charge is 2.32. The number of carboxylic acids is 1. The van der Waals surface area contributed by atoms with E-state index in [4.69, 9.17) is 0 Å². The molecule has 0 bridgehead atoms. The molecule has 2 aromatic carbocycles. The Kier molecular flexibility index (Phi) is 8.51. The molecule has 1 atom stereocenters. The maximum atomic E-state index is 12.9. The minimum absolute atomic E-state index is 0.122. The highest BCUT2D eigenvalue weighted by molar-refractivity contribution is 5.84. The Bertz CT molecular complexity index is 1110. The first-order valence-corrected chi connectivity index (χ1v) is 11.8. The number of aryl methyl sites for hydroxylation is 1. The van der Waals surface area contributed by atoms with Gasteiger partial charge < -0.3 is 10.0 Å². The van der Waals surface area contributed by atoms with E-state index in [-0.39, 0.29) is 18.4 Å². The Morgan fingerprint density at radius 1 is 1.03 bits per heavy atom. The standard InChI is InChI=1S/C26H33N5O3/c1-5-7-12-23(32)30(24(18(3)4)26(33)34)17-19-13-15-20(16-14-19)21-10-8-9-11-22(21)25-27-28-29-31(25)6-2/h8-11,13-16,18,24H,5-7,12,17H2,1-4H3,(H,33,34). The Labute approximate surface area is 200 Å². The van der Waals surface area contributed by atoms with Gasteiger partial charge in [-0.1, -0.05) is 75.7 Å².